The molecule has 0 spiro atoms. The Labute approximate surface area is 90.2 Å². The van der Waals surface area contributed by atoms with E-state index in [2.05, 4.69) is 5.32 Å². The summed E-state index contributed by atoms with van der Waals surface area (Å²) in [5.41, 5.74) is 5.76. The summed E-state index contributed by atoms with van der Waals surface area (Å²) >= 11 is 1.73. The van der Waals surface area contributed by atoms with Crippen molar-refractivity contribution in [2.45, 2.75) is 44.2 Å². The van der Waals surface area contributed by atoms with E-state index in [9.17, 15) is 4.79 Å². The van der Waals surface area contributed by atoms with Crippen LogP contribution in [-0.4, -0.2) is 30.0 Å². The molecule has 1 amide bonds. The van der Waals surface area contributed by atoms with Gasteiger partial charge in [0.2, 0.25) is 5.91 Å². The standard InChI is InChI=1S/C10H20N2OS/c1-14-7-6-9(11)10(13)12-8-4-2-3-5-8/h8-9H,2-7,11H2,1H3,(H,12,13)/t9-/m1/s1. The van der Waals surface area contributed by atoms with Crippen LogP contribution in [0.5, 0.6) is 0 Å². The van der Waals surface area contributed by atoms with Crippen LogP contribution in [0.4, 0.5) is 0 Å². The minimum absolute atomic E-state index is 0.0333. The molecule has 3 nitrogen and oxygen atoms in total. The number of hydrogen-bond donors (Lipinski definition) is 2. The Hall–Kier alpha value is -0.220. The molecule has 1 atom stereocenters. The quantitative estimate of drug-likeness (QED) is 0.724. The fraction of sp³-hybridized carbons (Fsp3) is 0.900. The molecule has 0 aromatic carbocycles. The van der Waals surface area contributed by atoms with Gasteiger partial charge in [-0.25, -0.2) is 0 Å². The molecule has 1 aliphatic rings. The van der Waals surface area contributed by atoms with Crippen LogP contribution < -0.4 is 11.1 Å². The van der Waals surface area contributed by atoms with Gasteiger partial charge in [0.15, 0.2) is 0 Å². The monoisotopic (exact) mass is 216 g/mol. The molecule has 1 fully saturated rings. The Morgan fingerprint density at radius 3 is 2.79 bits per heavy atom. The maximum atomic E-state index is 11.6. The number of nitrogens with two attached hydrogens (primary N) is 1. The average Bonchev–Trinajstić information content (AvgIpc) is 2.66. The lowest BCUT2D eigenvalue weighted by atomic mass is 10.2. The molecule has 82 valence electrons. The van der Waals surface area contributed by atoms with Crippen molar-refractivity contribution in [2.24, 2.45) is 5.73 Å². The molecule has 14 heavy (non-hydrogen) atoms. The van der Waals surface area contributed by atoms with E-state index >= 15 is 0 Å². The van der Waals surface area contributed by atoms with E-state index in [1.54, 1.807) is 11.8 Å². The predicted octanol–water partition coefficient (Wildman–Crippen LogP) is 1.13. The Balaban J connectivity index is 2.18. The smallest absolute Gasteiger partial charge is 0.237 e. The highest BCUT2D eigenvalue weighted by atomic mass is 32.2. The van der Waals surface area contributed by atoms with Crippen LogP contribution >= 0.6 is 11.8 Å². The van der Waals surface area contributed by atoms with Gasteiger partial charge in [-0.3, -0.25) is 4.79 Å². The van der Waals surface area contributed by atoms with Crippen LogP contribution in [0.25, 0.3) is 0 Å². The summed E-state index contributed by atoms with van der Waals surface area (Å²) in [7, 11) is 0. The third-order valence-electron chi connectivity index (χ3n) is 2.67. The number of thioether (sulfide) groups is 1. The first-order chi connectivity index (χ1) is 6.74. The molecule has 0 radical (unpaired) electrons. The van der Waals surface area contributed by atoms with Gasteiger partial charge in [-0.1, -0.05) is 12.8 Å². The van der Waals surface area contributed by atoms with Gasteiger partial charge in [0, 0.05) is 6.04 Å². The lowest BCUT2D eigenvalue weighted by Crippen LogP contribution is -2.44. The summed E-state index contributed by atoms with van der Waals surface area (Å²) in [5.74, 6) is 0.991. The summed E-state index contributed by atoms with van der Waals surface area (Å²) in [6, 6.07) is 0.0749. The Bertz CT molecular complexity index is 181. The number of amides is 1. The van der Waals surface area contributed by atoms with Crippen molar-refractivity contribution < 1.29 is 4.79 Å². The minimum Gasteiger partial charge on any atom is -0.352 e. The zero-order valence-electron chi connectivity index (χ0n) is 8.79. The van der Waals surface area contributed by atoms with Crippen LogP contribution in [0.3, 0.4) is 0 Å². The fourth-order valence-electron chi connectivity index (χ4n) is 1.75. The van der Waals surface area contributed by atoms with Gasteiger partial charge in [0.1, 0.15) is 0 Å². The van der Waals surface area contributed by atoms with Gasteiger partial charge < -0.3 is 11.1 Å². The highest BCUT2D eigenvalue weighted by molar-refractivity contribution is 7.98. The van der Waals surface area contributed by atoms with Crippen LogP contribution in [-0.2, 0) is 4.79 Å². The van der Waals surface area contributed by atoms with E-state index in [1.165, 1.54) is 12.8 Å². The van der Waals surface area contributed by atoms with Crippen molar-refractivity contribution >= 4 is 17.7 Å². The number of nitrogens with one attached hydrogen (secondary N) is 1. The zero-order valence-corrected chi connectivity index (χ0v) is 9.61. The van der Waals surface area contributed by atoms with Crippen molar-refractivity contribution in [1.29, 1.82) is 0 Å². The van der Waals surface area contributed by atoms with Crippen molar-refractivity contribution in [3.8, 4) is 0 Å². The molecule has 1 saturated carbocycles. The van der Waals surface area contributed by atoms with Gasteiger partial charge in [-0.05, 0) is 31.3 Å². The average molecular weight is 216 g/mol. The van der Waals surface area contributed by atoms with Crippen molar-refractivity contribution in [2.75, 3.05) is 12.0 Å². The Kier molecular flexibility index (Phi) is 5.33. The third-order valence-corrected chi connectivity index (χ3v) is 3.32. The lowest BCUT2D eigenvalue weighted by Gasteiger charge is -2.16. The van der Waals surface area contributed by atoms with E-state index in [0.717, 1.165) is 25.0 Å². The van der Waals surface area contributed by atoms with Gasteiger partial charge in [-0.15, -0.1) is 0 Å². The molecule has 0 unspecified atom stereocenters. The first-order valence-corrected chi connectivity index (χ1v) is 6.68. The number of hydrogen-bond acceptors (Lipinski definition) is 3. The van der Waals surface area contributed by atoms with E-state index in [-0.39, 0.29) is 11.9 Å². The maximum Gasteiger partial charge on any atom is 0.237 e. The van der Waals surface area contributed by atoms with Crippen molar-refractivity contribution in [1.82, 2.24) is 5.32 Å². The summed E-state index contributed by atoms with van der Waals surface area (Å²) in [4.78, 5) is 11.6. The second-order valence-electron chi connectivity index (χ2n) is 3.88. The minimum atomic E-state index is -0.317. The summed E-state index contributed by atoms with van der Waals surface area (Å²) < 4.78 is 0. The maximum absolute atomic E-state index is 11.6. The summed E-state index contributed by atoms with van der Waals surface area (Å²) in [5, 5.41) is 3.01. The summed E-state index contributed by atoms with van der Waals surface area (Å²) in [6.45, 7) is 0. The van der Waals surface area contributed by atoms with Crippen LogP contribution in [0.2, 0.25) is 0 Å². The second kappa shape index (κ2) is 6.30. The number of carbonyl (C=O) groups is 1. The van der Waals surface area contributed by atoms with E-state index in [1.807, 2.05) is 6.26 Å². The predicted molar refractivity (Wildman–Crippen MR) is 61.4 cm³/mol. The van der Waals surface area contributed by atoms with E-state index in [4.69, 9.17) is 5.73 Å². The number of carbonyl (C=O) groups excluding carboxylic acids is 1. The molecule has 0 heterocycles. The van der Waals surface area contributed by atoms with E-state index < -0.39 is 0 Å². The molecule has 4 heteroatoms. The molecular formula is C10H20N2OS. The van der Waals surface area contributed by atoms with Crippen LogP contribution in [0, 0.1) is 0 Å². The molecule has 0 bridgehead atoms. The van der Waals surface area contributed by atoms with E-state index in [0.29, 0.717) is 6.04 Å². The fourth-order valence-corrected chi connectivity index (χ4v) is 2.24. The van der Waals surface area contributed by atoms with Crippen molar-refractivity contribution in [3.05, 3.63) is 0 Å². The molecular weight excluding hydrogens is 196 g/mol. The summed E-state index contributed by atoms with van der Waals surface area (Å²) in [6.07, 6.45) is 7.54. The second-order valence-corrected chi connectivity index (χ2v) is 4.86. The molecule has 0 aromatic rings. The highest BCUT2D eigenvalue weighted by Gasteiger charge is 2.20. The normalized spacial score (nSPS) is 19.6. The van der Waals surface area contributed by atoms with Gasteiger partial charge >= 0.3 is 0 Å². The molecule has 0 saturated heterocycles. The molecule has 1 rings (SSSR count). The van der Waals surface area contributed by atoms with Gasteiger partial charge in [-0.2, -0.15) is 11.8 Å². The molecule has 0 aromatic heterocycles. The zero-order chi connectivity index (χ0) is 10.4. The highest BCUT2D eigenvalue weighted by Crippen LogP contribution is 2.17. The Morgan fingerprint density at radius 1 is 1.57 bits per heavy atom. The molecule has 1 aliphatic carbocycles. The molecule has 0 aliphatic heterocycles. The first-order valence-electron chi connectivity index (χ1n) is 5.29. The largest absolute Gasteiger partial charge is 0.352 e. The Morgan fingerprint density at radius 2 is 2.21 bits per heavy atom. The van der Waals surface area contributed by atoms with Crippen LogP contribution in [0.1, 0.15) is 32.1 Å². The molecule has 3 N–H and O–H groups in total. The van der Waals surface area contributed by atoms with Crippen LogP contribution in [0.15, 0.2) is 0 Å². The topological polar surface area (TPSA) is 55.1 Å². The number of rotatable bonds is 5. The van der Waals surface area contributed by atoms with Gasteiger partial charge in [0.05, 0.1) is 6.04 Å². The van der Waals surface area contributed by atoms with Gasteiger partial charge in [0.25, 0.3) is 0 Å². The first kappa shape index (κ1) is 11.9. The van der Waals surface area contributed by atoms with Crippen molar-refractivity contribution in [3.63, 3.8) is 0 Å². The lowest BCUT2D eigenvalue weighted by molar-refractivity contribution is -0.123. The third kappa shape index (κ3) is 3.88. The SMILES string of the molecule is CSCC[C@@H](N)C(=O)NC1CCCC1.